The third kappa shape index (κ3) is 3.17. The standard InChI is InChI=1S/C15H20ClN3/c1-4-9-17-11(2)13-7-5-6-8-15(13)19-10-14(16)12(3)18-19/h5-8,10-11,17H,4,9H2,1-3H3. The monoisotopic (exact) mass is 277 g/mol. The molecule has 1 atom stereocenters. The van der Waals surface area contributed by atoms with Gasteiger partial charge >= 0.3 is 0 Å². The quantitative estimate of drug-likeness (QED) is 0.898. The molecule has 0 aliphatic rings. The van der Waals surface area contributed by atoms with Crippen LogP contribution < -0.4 is 5.32 Å². The number of benzene rings is 1. The lowest BCUT2D eigenvalue weighted by molar-refractivity contribution is 0.567. The summed E-state index contributed by atoms with van der Waals surface area (Å²) in [6.07, 6.45) is 2.99. The third-order valence-corrected chi connectivity index (χ3v) is 3.56. The molecule has 0 fully saturated rings. The Hall–Kier alpha value is -1.32. The van der Waals surface area contributed by atoms with Gasteiger partial charge in [0.1, 0.15) is 0 Å². The molecule has 1 aromatic heterocycles. The summed E-state index contributed by atoms with van der Waals surface area (Å²) in [5.41, 5.74) is 3.16. The lowest BCUT2D eigenvalue weighted by Crippen LogP contribution is -2.20. The van der Waals surface area contributed by atoms with Crippen molar-refractivity contribution < 1.29 is 0 Å². The lowest BCUT2D eigenvalue weighted by Gasteiger charge is -2.17. The van der Waals surface area contributed by atoms with Crippen molar-refractivity contribution in [2.75, 3.05) is 6.54 Å². The zero-order valence-corrected chi connectivity index (χ0v) is 12.4. The molecule has 2 aromatic rings. The van der Waals surface area contributed by atoms with Crippen LogP contribution in [0, 0.1) is 6.92 Å². The van der Waals surface area contributed by atoms with Crippen molar-refractivity contribution in [3.8, 4) is 5.69 Å². The molecule has 0 saturated heterocycles. The summed E-state index contributed by atoms with van der Waals surface area (Å²) in [5, 5.41) is 8.66. The second-order valence-corrected chi connectivity index (χ2v) is 5.15. The molecule has 102 valence electrons. The summed E-state index contributed by atoms with van der Waals surface area (Å²) in [4.78, 5) is 0. The minimum absolute atomic E-state index is 0.291. The van der Waals surface area contributed by atoms with E-state index < -0.39 is 0 Å². The topological polar surface area (TPSA) is 29.9 Å². The summed E-state index contributed by atoms with van der Waals surface area (Å²) in [7, 11) is 0. The van der Waals surface area contributed by atoms with E-state index in [1.807, 2.05) is 23.9 Å². The van der Waals surface area contributed by atoms with Crippen molar-refractivity contribution >= 4 is 11.6 Å². The molecule has 19 heavy (non-hydrogen) atoms. The third-order valence-electron chi connectivity index (χ3n) is 3.19. The predicted octanol–water partition coefficient (Wildman–Crippen LogP) is 3.89. The molecule has 1 aromatic carbocycles. The molecule has 0 saturated carbocycles. The summed E-state index contributed by atoms with van der Waals surface area (Å²) in [6.45, 7) is 7.27. The highest BCUT2D eigenvalue weighted by molar-refractivity contribution is 6.31. The Labute approximate surface area is 119 Å². The molecule has 0 aliphatic carbocycles. The fourth-order valence-electron chi connectivity index (χ4n) is 2.10. The highest BCUT2D eigenvalue weighted by atomic mass is 35.5. The number of nitrogens with zero attached hydrogens (tertiary/aromatic N) is 2. The Kier molecular flexibility index (Phi) is 4.61. The first-order chi connectivity index (χ1) is 9.13. The first kappa shape index (κ1) is 14.1. The molecule has 4 heteroatoms. The van der Waals surface area contributed by atoms with Crippen LogP contribution in [0.2, 0.25) is 5.02 Å². The van der Waals surface area contributed by atoms with E-state index in [-0.39, 0.29) is 0 Å². The highest BCUT2D eigenvalue weighted by Gasteiger charge is 2.12. The Balaban J connectivity index is 2.35. The largest absolute Gasteiger partial charge is 0.310 e. The van der Waals surface area contributed by atoms with E-state index in [9.17, 15) is 0 Å². The van der Waals surface area contributed by atoms with Gasteiger partial charge in [-0.2, -0.15) is 5.10 Å². The second kappa shape index (κ2) is 6.22. The van der Waals surface area contributed by atoms with Gasteiger partial charge in [-0.1, -0.05) is 36.7 Å². The van der Waals surface area contributed by atoms with E-state index in [2.05, 4.69) is 42.5 Å². The zero-order chi connectivity index (χ0) is 13.8. The van der Waals surface area contributed by atoms with Crippen LogP contribution in [-0.4, -0.2) is 16.3 Å². The molecule has 1 N–H and O–H groups in total. The first-order valence-electron chi connectivity index (χ1n) is 6.68. The van der Waals surface area contributed by atoms with Crippen LogP contribution in [0.3, 0.4) is 0 Å². The molecule has 0 bridgehead atoms. The lowest BCUT2D eigenvalue weighted by atomic mass is 10.1. The van der Waals surface area contributed by atoms with Gasteiger partial charge in [0, 0.05) is 12.2 Å². The van der Waals surface area contributed by atoms with Crippen LogP contribution in [-0.2, 0) is 0 Å². The highest BCUT2D eigenvalue weighted by Crippen LogP contribution is 2.23. The van der Waals surface area contributed by atoms with Crippen LogP contribution in [0.5, 0.6) is 0 Å². The van der Waals surface area contributed by atoms with Gasteiger partial charge in [0.25, 0.3) is 0 Å². The van der Waals surface area contributed by atoms with E-state index >= 15 is 0 Å². The fraction of sp³-hybridized carbons (Fsp3) is 0.400. The maximum atomic E-state index is 6.10. The van der Waals surface area contributed by atoms with Crippen LogP contribution in [0.15, 0.2) is 30.5 Å². The summed E-state index contributed by atoms with van der Waals surface area (Å²) < 4.78 is 1.86. The maximum absolute atomic E-state index is 6.10. The number of halogens is 1. The second-order valence-electron chi connectivity index (χ2n) is 4.74. The van der Waals surface area contributed by atoms with Gasteiger partial charge < -0.3 is 5.32 Å². The summed E-state index contributed by atoms with van der Waals surface area (Å²) in [6, 6.07) is 8.58. The number of aromatic nitrogens is 2. The van der Waals surface area contributed by atoms with Crippen molar-refractivity contribution in [3.63, 3.8) is 0 Å². The Bertz CT molecular complexity index is 529. The van der Waals surface area contributed by atoms with E-state index in [0.29, 0.717) is 11.1 Å². The van der Waals surface area contributed by atoms with Gasteiger partial charge in [-0.15, -0.1) is 0 Å². The van der Waals surface area contributed by atoms with Crippen LogP contribution in [0.4, 0.5) is 0 Å². The van der Waals surface area contributed by atoms with Crippen molar-refractivity contribution in [2.24, 2.45) is 0 Å². The molecular weight excluding hydrogens is 258 g/mol. The van der Waals surface area contributed by atoms with Crippen molar-refractivity contribution in [3.05, 3.63) is 46.7 Å². The zero-order valence-electron chi connectivity index (χ0n) is 11.7. The van der Waals surface area contributed by atoms with Gasteiger partial charge in [-0.25, -0.2) is 4.68 Å². The Morgan fingerprint density at radius 1 is 1.37 bits per heavy atom. The first-order valence-corrected chi connectivity index (χ1v) is 7.05. The van der Waals surface area contributed by atoms with E-state index in [0.717, 1.165) is 24.3 Å². The molecule has 1 unspecified atom stereocenters. The molecule has 3 nitrogen and oxygen atoms in total. The molecule has 0 aliphatic heterocycles. The minimum Gasteiger partial charge on any atom is -0.310 e. The number of aryl methyl sites for hydroxylation is 1. The SMILES string of the molecule is CCCNC(C)c1ccccc1-n1cc(Cl)c(C)n1. The molecule has 1 heterocycles. The van der Waals surface area contributed by atoms with Gasteiger partial charge in [-0.05, 0) is 38.4 Å². The van der Waals surface area contributed by atoms with Crippen molar-refractivity contribution in [2.45, 2.75) is 33.2 Å². The average Bonchev–Trinajstić information content (AvgIpc) is 2.76. The molecule has 0 amide bonds. The van der Waals surface area contributed by atoms with Gasteiger partial charge in [-0.3, -0.25) is 0 Å². The van der Waals surface area contributed by atoms with Gasteiger partial charge in [0.15, 0.2) is 0 Å². The maximum Gasteiger partial charge on any atom is 0.0819 e. The molecule has 0 radical (unpaired) electrons. The molecule has 0 spiro atoms. The van der Waals surface area contributed by atoms with Crippen molar-refractivity contribution in [1.82, 2.24) is 15.1 Å². The van der Waals surface area contributed by atoms with Crippen LogP contribution in [0.25, 0.3) is 5.69 Å². The summed E-state index contributed by atoms with van der Waals surface area (Å²) >= 11 is 6.10. The van der Waals surface area contributed by atoms with Gasteiger partial charge in [0.2, 0.25) is 0 Å². The van der Waals surface area contributed by atoms with Crippen LogP contribution in [0.1, 0.15) is 37.6 Å². The van der Waals surface area contributed by atoms with Crippen molar-refractivity contribution in [1.29, 1.82) is 0 Å². The summed E-state index contributed by atoms with van der Waals surface area (Å²) in [5.74, 6) is 0. The normalized spacial score (nSPS) is 12.6. The van der Waals surface area contributed by atoms with Crippen LogP contribution >= 0.6 is 11.6 Å². The number of hydrogen-bond donors (Lipinski definition) is 1. The number of nitrogens with one attached hydrogen (secondary N) is 1. The Morgan fingerprint density at radius 3 is 2.74 bits per heavy atom. The van der Waals surface area contributed by atoms with E-state index in [1.54, 1.807) is 0 Å². The molecule has 2 rings (SSSR count). The predicted molar refractivity (Wildman–Crippen MR) is 80.0 cm³/mol. The smallest absolute Gasteiger partial charge is 0.0819 e. The number of hydrogen-bond acceptors (Lipinski definition) is 2. The Morgan fingerprint density at radius 2 is 2.11 bits per heavy atom. The number of para-hydroxylation sites is 1. The van der Waals surface area contributed by atoms with Gasteiger partial charge in [0.05, 0.1) is 16.4 Å². The fourth-order valence-corrected chi connectivity index (χ4v) is 2.23. The molecular formula is C15H20ClN3. The number of rotatable bonds is 5. The minimum atomic E-state index is 0.291. The van der Waals surface area contributed by atoms with E-state index in [4.69, 9.17) is 11.6 Å². The van der Waals surface area contributed by atoms with E-state index in [1.165, 1.54) is 5.56 Å². The average molecular weight is 278 g/mol.